The van der Waals surface area contributed by atoms with Crippen molar-refractivity contribution in [3.8, 4) is 11.5 Å². The van der Waals surface area contributed by atoms with E-state index in [0.717, 1.165) is 36.3 Å². The second kappa shape index (κ2) is 7.42. The van der Waals surface area contributed by atoms with Crippen molar-refractivity contribution < 1.29 is 0 Å². The predicted octanol–water partition coefficient (Wildman–Crippen LogP) is 3.80. The van der Waals surface area contributed by atoms with Gasteiger partial charge in [0.1, 0.15) is 5.82 Å². The van der Waals surface area contributed by atoms with Crippen LogP contribution in [0.25, 0.3) is 11.5 Å². The molecule has 1 aromatic carbocycles. The molecule has 3 rings (SSSR count). The van der Waals surface area contributed by atoms with Crippen molar-refractivity contribution in [2.45, 2.75) is 33.2 Å². The smallest absolute Gasteiger partial charge is 0.166 e. The van der Waals surface area contributed by atoms with Gasteiger partial charge in [-0.3, -0.25) is 0 Å². The molecule has 0 radical (unpaired) electrons. The summed E-state index contributed by atoms with van der Waals surface area (Å²) >= 11 is 0. The average Bonchev–Trinajstić information content (AvgIpc) is 2.97. The summed E-state index contributed by atoms with van der Waals surface area (Å²) in [5.74, 6) is 2.86. The summed E-state index contributed by atoms with van der Waals surface area (Å²) in [7, 11) is 0. The Hall–Kier alpha value is -2.14. The first-order valence-corrected chi connectivity index (χ1v) is 7.69. The lowest BCUT2D eigenvalue weighted by atomic mass is 10.2. The SMILES string of the molecule is CCNc1ncn(Cc2ccccc2)c2nc(C(C)C)nc1-2.Cl. The summed E-state index contributed by atoms with van der Waals surface area (Å²) in [6.45, 7) is 7.83. The summed E-state index contributed by atoms with van der Waals surface area (Å²) in [5.41, 5.74) is 2.07. The number of benzene rings is 1. The number of hydrogen-bond acceptors (Lipinski definition) is 4. The van der Waals surface area contributed by atoms with Gasteiger partial charge in [0.25, 0.3) is 0 Å². The number of hydrogen-bond donors (Lipinski definition) is 1. The van der Waals surface area contributed by atoms with E-state index in [9.17, 15) is 0 Å². The van der Waals surface area contributed by atoms with E-state index in [4.69, 9.17) is 4.98 Å². The molecule has 0 atom stereocenters. The molecule has 2 heterocycles. The van der Waals surface area contributed by atoms with Crippen molar-refractivity contribution >= 4 is 18.2 Å². The molecule has 0 fully saturated rings. The monoisotopic (exact) mass is 331 g/mol. The Kier molecular flexibility index (Phi) is 5.55. The van der Waals surface area contributed by atoms with Crippen LogP contribution in [0.2, 0.25) is 0 Å². The Morgan fingerprint density at radius 1 is 1.13 bits per heavy atom. The second-order valence-corrected chi connectivity index (χ2v) is 5.65. The summed E-state index contributed by atoms with van der Waals surface area (Å²) in [4.78, 5) is 13.9. The lowest BCUT2D eigenvalue weighted by Crippen LogP contribution is -2.10. The highest BCUT2D eigenvalue weighted by atomic mass is 35.5. The van der Waals surface area contributed by atoms with Crippen molar-refractivity contribution in [1.82, 2.24) is 19.5 Å². The minimum Gasteiger partial charge on any atom is -0.368 e. The van der Waals surface area contributed by atoms with E-state index in [0.29, 0.717) is 5.92 Å². The topological polar surface area (TPSA) is 55.6 Å². The highest BCUT2D eigenvalue weighted by Gasteiger charge is 2.21. The molecule has 23 heavy (non-hydrogen) atoms. The number of fused-ring (bicyclic) bond motifs is 1. The summed E-state index contributed by atoms with van der Waals surface area (Å²) in [5, 5.41) is 3.27. The standard InChI is InChI=1S/C17H21N5.ClH/c1-4-18-16-14-17(21-15(20-14)12(2)3)22(11-19-16)10-13-8-6-5-7-9-13;/h5-9,11-12,18H,4,10H2,1-3H3;1H. The van der Waals surface area contributed by atoms with Gasteiger partial charge in [-0.15, -0.1) is 12.4 Å². The second-order valence-electron chi connectivity index (χ2n) is 5.65. The van der Waals surface area contributed by atoms with Crippen LogP contribution in [0, 0.1) is 0 Å². The minimum atomic E-state index is 0. The van der Waals surface area contributed by atoms with Gasteiger partial charge >= 0.3 is 0 Å². The summed E-state index contributed by atoms with van der Waals surface area (Å²) in [6.07, 6.45) is 1.84. The van der Waals surface area contributed by atoms with Crippen molar-refractivity contribution in [2.75, 3.05) is 11.9 Å². The third-order valence-corrected chi connectivity index (χ3v) is 3.54. The molecular formula is C17H22ClN5. The van der Waals surface area contributed by atoms with E-state index in [1.807, 2.05) is 24.5 Å². The molecule has 0 unspecified atom stereocenters. The van der Waals surface area contributed by atoms with E-state index in [2.05, 4.69) is 52.8 Å². The van der Waals surface area contributed by atoms with Gasteiger partial charge in [-0.05, 0) is 12.5 Å². The van der Waals surface area contributed by atoms with Crippen molar-refractivity contribution in [2.24, 2.45) is 0 Å². The number of aromatic nitrogens is 4. The maximum absolute atomic E-state index is 4.72. The Balaban J connectivity index is 0.00000192. The fourth-order valence-electron chi connectivity index (χ4n) is 2.40. The number of nitrogens with one attached hydrogen (secondary N) is 1. The third-order valence-electron chi connectivity index (χ3n) is 3.54. The number of nitrogens with zero attached hydrogens (tertiary/aromatic N) is 4. The zero-order chi connectivity index (χ0) is 15.5. The summed E-state index contributed by atoms with van der Waals surface area (Å²) in [6, 6.07) is 10.3. The Bertz CT molecular complexity index is 723. The largest absolute Gasteiger partial charge is 0.368 e. The molecule has 122 valence electrons. The van der Waals surface area contributed by atoms with Gasteiger partial charge in [-0.2, -0.15) is 0 Å². The van der Waals surface area contributed by atoms with Crippen LogP contribution in [-0.2, 0) is 6.54 Å². The molecule has 0 spiro atoms. The first-order chi connectivity index (χ1) is 10.7. The molecule has 1 N–H and O–H groups in total. The van der Waals surface area contributed by atoms with Crippen LogP contribution in [0.3, 0.4) is 0 Å². The van der Waals surface area contributed by atoms with Crippen LogP contribution in [0.4, 0.5) is 5.82 Å². The summed E-state index contributed by atoms with van der Waals surface area (Å²) < 4.78 is 2.06. The molecule has 0 amide bonds. The van der Waals surface area contributed by atoms with Crippen LogP contribution >= 0.6 is 12.4 Å². The van der Waals surface area contributed by atoms with Crippen LogP contribution < -0.4 is 5.32 Å². The molecule has 0 saturated heterocycles. The molecule has 0 bridgehead atoms. The predicted molar refractivity (Wildman–Crippen MR) is 95.5 cm³/mol. The van der Waals surface area contributed by atoms with Gasteiger partial charge in [0.05, 0.1) is 12.9 Å². The normalized spacial score (nSPS) is 10.8. The third kappa shape index (κ3) is 3.62. The Morgan fingerprint density at radius 3 is 2.52 bits per heavy atom. The first-order valence-electron chi connectivity index (χ1n) is 7.69. The molecule has 2 aliphatic rings. The van der Waals surface area contributed by atoms with Gasteiger partial charge in [-0.1, -0.05) is 44.2 Å². The van der Waals surface area contributed by atoms with E-state index in [1.54, 1.807) is 0 Å². The molecule has 0 aromatic heterocycles. The fourth-order valence-corrected chi connectivity index (χ4v) is 2.40. The molecule has 6 heteroatoms. The van der Waals surface area contributed by atoms with Gasteiger partial charge in [0.2, 0.25) is 0 Å². The number of halogens is 1. The van der Waals surface area contributed by atoms with Crippen molar-refractivity contribution in [3.05, 3.63) is 48.0 Å². The van der Waals surface area contributed by atoms with Crippen molar-refractivity contribution in [1.29, 1.82) is 0 Å². The number of rotatable bonds is 5. The number of imidazole rings is 1. The van der Waals surface area contributed by atoms with E-state index in [-0.39, 0.29) is 12.4 Å². The van der Waals surface area contributed by atoms with Crippen molar-refractivity contribution in [3.63, 3.8) is 0 Å². The molecule has 2 aliphatic heterocycles. The minimum absolute atomic E-state index is 0. The van der Waals surface area contributed by atoms with E-state index < -0.39 is 0 Å². The van der Waals surface area contributed by atoms with Crippen LogP contribution in [0.5, 0.6) is 0 Å². The maximum atomic E-state index is 4.72. The highest BCUT2D eigenvalue weighted by Crippen LogP contribution is 2.28. The quantitative estimate of drug-likeness (QED) is 0.772. The van der Waals surface area contributed by atoms with E-state index in [1.165, 1.54) is 5.56 Å². The molecular weight excluding hydrogens is 310 g/mol. The zero-order valence-corrected chi connectivity index (χ0v) is 14.5. The fraction of sp³-hybridized carbons (Fsp3) is 0.353. The van der Waals surface area contributed by atoms with Gasteiger partial charge < -0.3 is 9.88 Å². The zero-order valence-electron chi connectivity index (χ0n) is 13.7. The number of anilines is 1. The molecule has 0 aliphatic carbocycles. The Morgan fingerprint density at radius 2 is 1.87 bits per heavy atom. The van der Waals surface area contributed by atoms with Gasteiger partial charge in [-0.25, -0.2) is 15.0 Å². The lowest BCUT2D eigenvalue weighted by molar-refractivity contribution is 0.751. The maximum Gasteiger partial charge on any atom is 0.166 e. The molecule has 1 aromatic rings. The lowest BCUT2D eigenvalue weighted by Gasteiger charge is -2.13. The highest BCUT2D eigenvalue weighted by molar-refractivity contribution is 5.85. The molecule has 5 nitrogen and oxygen atoms in total. The Labute approximate surface area is 142 Å². The van der Waals surface area contributed by atoms with Crippen LogP contribution in [0.15, 0.2) is 36.7 Å². The van der Waals surface area contributed by atoms with E-state index >= 15 is 0 Å². The first kappa shape index (κ1) is 17.2. The van der Waals surface area contributed by atoms with Gasteiger partial charge in [0.15, 0.2) is 17.3 Å². The average molecular weight is 332 g/mol. The van der Waals surface area contributed by atoms with Crippen LogP contribution in [0.1, 0.15) is 38.1 Å². The molecule has 0 saturated carbocycles. The van der Waals surface area contributed by atoms with Gasteiger partial charge in [0, 0.05) is 12.5 Å². The van der Waals surface area contributed by atoms with Crippen LogP contribution in [-0.4, -0.2) is 26.1 Å².